The van der Waals surface area contributed by atoms with E-state index in [4.69, 9.17) is 14.1 Å². The minimum Gasteiger partial charge on any atom is -0.494 e. The van der Waals surface area contributed by atoms with Crippen LogP contribution in [0.3, 0.4) is 0 Å². The molecule has 0 aliphatic heterocycles. The number of nitrogens with zero attached hydrogens (tertiary/aromatic N) is 3. The van der Waals surface area contributed by atoms with Gasteiger partial charge in [0.15, 0.2) is 0 Å². The fraction of sp³-hybridized carbons (Fsp3) is 0.190. The first kappa shape index (κ1) is 19.6. The Bertz CT molecular complexity index is 1060. The maximum absolute atomic E-state index is 13.0. The lowest BCUT2D eigenvalue weighted by Gasteiger charge is -2.02. The second kappa shape index (κ2) is 9.19. The van der Waals surface area contributed by atoms with Gasteiger partial charge in [-0.1, -0.05) is 0 Å². The molecule has 0 bridgehead atoms. The normalized spacial score (nSPS) is 11.0. The molecule has 4 rings (SSSR count). The number of hydrogen-bond donors (Lipinski definition) is 0. The summed E-state index contributed by atoms with van der Waals surface area (Å²) in [5, 5.41) is 11.1. The Morgan fingerprint density at radius 1 is 1.00 bits per heavy atom. The number of halogens is 1. The summed E-state index contributed by atoms with van der Waals surface area (Å²) in [5.74, 6) is 2.84. The summed E-state index contributed by atoms with van der Waals surface area (Å²) in [6.45, 7) is 2.62. The van der Waals surface area contributed by atoms with Crippen LogP contribution in [0.1, 0.15) is 18.5 Å². The molecular weight excluding hydrogens is 409 g/mol. The van der Waals surface area contributed by atoms with Gasteiger partial charge >= 0.3 is 0 Å². The second-order valence-corrected chi connectivity index (χ2v) is 7.95. The summed E-state index contributed by atoms with van der Waals surface area (Å²) in [5.41, 5.74) is 2.80. The van der Waals surface area contributed by atoms with Gasteiger partial charge < -0.3 is 9.15 Å². The molecule has 2 aromatic carbocycles. The quantitative estimate of drug-likeness (QED) is 0.352. The lowest BCUT2D eigenvalue weighted by Crippen LogP contribution is -1.90. The van der Waals surface area contributed by atoms with E-state index in [9.17, 15) is 4.39 Å². The van der Waals surface area contributed by atoms with Crippen molar-refractivity contribution in [2.24, 2.45) is 0 Å². The Labute approximate surface area is 176 Å². The van der Waals surface area contributed by atoms with Gasteiger partial charge in [0, 0.05) is 22.3 Å². The number of ether oxygens (including phenoxy) is 1. The van der Waals surface area contributed by atoms with Crippen LogP contribution < -0.4 is 4.74 Å². The zero-order chi connectivity index (χ0) is 20.1. The van der Waals surface area contributed by atoms with E-state index < -0.39 is 0 Å². The van der Waals surface area contributed by atoms with Gasteiger partial charge in [-0.05, 0) is 55.5 Å². The van der Waals surface area contributed by atoms with Crippen LogP contribution in [0.5, 0.6) is 5.75 Å². The smallest absolute Gasteiger partial charge is 0.247 e. The van der Waals surface area contributed by atoms with E-state index in [-0.39, 0.29) is 5.82 Å². The molecule has 148 valence electrons. The van der Waals surface area contributed by atoms with E-state index in [1.807, 2.05) is 31.2 Å². The van der Waals surface area contributed by atoms with Crippen molar-refractivity contribution in [3.05, 3.63) is 71.3 Å². The highest BCUT2D eigenvalue weighted by molar-refractivity contribution is 7.97. The number of benzene rings is 2. The third-order valence-corrected chi connectivity index (χ3v) is 5.89. The van der Waals surface area contributed by atoms with Crippen LogP contribution in [0.2, 0.25) is 0 Å². The van der Waals surface area contributed by atoms with Crippen LogP contribution >= 0.6 is 23.1 Å². The van der Waals surface area contributed by atoms with Crippen LogP contribution in [0.25, 0.3) is 22.0 Å². The maximum atomic E-state index is 13.0. The lowest BCUT2D eigenvalue weighted by atomic mass is 10.2. The van der Waals surface area contributed by atoms with Crippen LogP contribution in [0, 0.1) is 5.82 Å². The molecule has 8 heteroatoms. The van der Waals surface area contributed by atoms with Crippen LogP contribution in [-0.2, 0) is 11.5 Å². The van der Waals surface area contributed by atoms with E-state index in [2.05, 4.69) is 15.6 Å². The Morgan fingerprint density at radius 3 is 2.52 bits per heavy atom. The highest BCUT2D eigenvalue weighted by Gasteiger charge is 2.10. The zero-order valence-corrected chi connectivity index (χ0v) is 17.3. The molecule has 0 atom stereocenters. The molecule has 2 aromatic heterocycles. The van der Waals surface area contributed by atoms with Crippen molar-refractivity contribution in [1.82, 2.24) is 15.2 Å². The minimum absolute atomic E-state index is 0.295. The molecule has 4 aromatic rings. The molecule has 0 aliphatic rings. The minimum atomic E-state index is -0.295. The Kier molecular flexibility index (Phi) is 6.21. The van der Waals surface area contributed by atoms with E-state index >= 15 is 0 Å². The molecule has 0 N–H and O–H groups in total. The molecule has 0 saturated heterocycles. The predicted molar refractivity (Wildman–Crippen MR) is 113 cm³/mol. The summed E-state index contributed by atoms with van der Waals surface area (Å²) < 4.78 is 24.1. The van der Waals surface area contributed by atoms with Gasteiger partial charge in [0.05, 0.1) is 18.1 Å². The summed E-state index contributed by atoms with van der Waals surface area (Å²) in [6, 6.07) is 14.0. The molecule has 5 nitrogen and oxygen atoms in total. The van der Waals surface area contributed by atoms with Gasteiger partial charge in [0.2, 0.25) is 11.8 Å². The first-order valence-corrected chi connectivity index (χ1v) is 11.1. The SMILES string of the molecule is CCOc1ccc(-c2nc(CSCc3nnc(-c4ccc(F)cc4)o3)cs2)cc1. The van der Waals surface area contributed by atoms with Crippen molar-refractivity contribution in [3.8, 4) is 27.8 Å². The highest BCUT2D eigenvalue weighted by Crippen LogP contribution is 2.28. The lowest BCUT2D eigenvalue weighted by molar-refractivity contribution is 0.340. The van der Waals surface area contributed by atoms with Gasteiger partial charge in [0.1, 0.15) is 16.6 Å². The second-order valence-electron chi connectivity index (χ2n) is 6.10. The monoisotopic (exact) mass is 427 g/mol. The summed E-state index contributed by atoms with van der Waals surface area (Å²) in [6.07, 6.45) is 0. The molecular formula is C21H18FN3O2S2. The maximum Gasteiger partial charge on any atom is 0.247 e. The molecule has 2 heterocycles. The van der Waals surface area contributed by atoms with E-state index in [1.54, 1.807) is 35.2 Å². The average Bonchev–Trinajstić information content (AvgIpc) is 3.40. The van der Waals surface area contributed by atoms with Crippen LogP contribution in [0.15, 0.2) is 58.3 Å². The molecule has 0 unspecified atom stereocenters. The van der Waals surface area contributed by atoms with Crippen molar-refractivity contribution in [3.63, 3.8) is 0 Å². The number of hydrogen-bond acceptors (Lipinski definition) is 7. The molecule has 0 fully saturated rings. The Morgan fingerprint density at radius 2 is 1.76 bits per heavy atom. The molecule has 0 amide bonds. The van der Waals surface area contributed by atoms with Crippen molar-refractivity contribution in [2.75, 3.05) is 6.61 Å². The summed E-state index contributed by atoms with van der Waals surface area (Å²) in [7, 11) is 0. The van der Waals surface area contributed by atoms with Gasteiger partial charge in [-0.25, -0.2) is 9.37 Å². The largest absolute Gasteiger partial charge is 0.494 e. The standard InChI is InChI=1S/C21H18FN3O2S2/c1-2-26-18-9-5-15(6-10-18)21-23-17(12-29-21)11-28-13-19-24-25-20(27-19)14-3-7-16(22)8-4-14/h3-10,12H,2,11,13H2,1H3. The molecule has 0 saturated carbocycles. The average molecular weight is 428 g/mol. The first-order valence-electron chi connectivity index (χ1n) is 9.05. The fourth-order valence-corrected chi connectivity index (χ4v) is 4.31. The van der Waals surface area contributed by atoms with Crippen molar-refractivity contribution in [1.29, 1.82) is 0 Å². The third kappa shape index (κ3) is 5.02. The van der Waals surface area contributed by atoms with Crippen LogP contribution in [0.4, 0.5) is 4.39 Å². The number of thiazole rings is 1. The van der Waals surface area contributed by atoms with Crippen LogP contribution in [-0.4, -0.2) is 21.8 Å². The van der Waals surface area contributed by atoms with Crippen molar-refractivity contribution < 1.29 is 13.5 Å². The molecule has 0 aliphatic carbocycles. The summed E-state index contributed by atoms with van der Waals surface area (Å²) in [4.78, 5) is 4.70. The van der Waals surface area contributed by atoms with E-state index in [0.717, 1.165) is 27.8 Å². The van der Waals surface area contributed by atoms with E-state index in [0.29, 0.717) is 29.7 Å². The zero-order valence-electron chi connectivity index (χ0n) is 15.7. The van der Waals surface area contributed by atoms with Crippen molar-refractivity contribution >= 4 is 23.1 Å². The van der Waals surface area contributed by atoms with Gasteiger partial charge in [-0.15, -0.1) is 33.3 Å². The third-order valence-electron chi connectivity index (χ3n) is 4.00. The number of rotatable bonds is 8. The Hall–Kier alpha value is -2.71. The van der Waals surface area contributed by atoms with E-state index in [1.165, 1.54) is 12.1 Å². The van der Waals surface area contributed by atoms with Gasteiger partial charge in [-0.3, -0.25) is 0 Å². The number of aromatic nitrogens is 3. The molecule has 29 heavy (non-hydrogen) atoms. The number of thioether (sulfide) groups is 1. The summed E-state index contributed by atoms with van der Waals surface area (Å²) >= 11 is 3.28. The fourth-order valence-electron chi connectivity index (χ4n) is 2.63. The van der Waals surface area contributed by atoms with Gasteiger partial charge in [0.25, 0.3) is 0 Å². The topological polar surface area (TPSA) is 61.0 Å². The predicted octanol–water partition coefficient (Wildman–Crippen LogP) is 5.83. The first-order chi connectivity index (χ1) is 14.2. The molecule has 0 radical (unpaired) electrons. The Balaban J connectivity index is 1.32. The van der Waals surface area contributed by atoms with Gasteiger partial charge in [-0.2, -0.15) is 0 Å². The highest BCUT2D eigenvalue weighted by atomic mass is 32.2. The van der Waals surface area contributed by atoms with Crippen molar-refractivity contribution in [2.45, 2.75) is 18.4 Å². The molecule has 0 spiro atoms.